The molecule has 0 aromatic heterocycles. The summed E-state index contributed by atoms with van der Waals surface area (Å²) in [6.45, 7) is 23.3. The molecule has 4 aliphatic heterocycles. The monoisotopic (exact) mass is 980 g/mol. The molecule has 4 rings (SSSR count). The Labute approximate surface area is 361 Å². The standard InChI is InChI=1S/C15H24N4O4.C9H20N4O2.C3H3ClO.2BF3.2BF2.6FH/c1-3-14(20)22-12-18-7-5-16(10-18)9-17-6-8-19(11-17)13-23-15(21)4-2;14-8-12-3-1-10(6-12)5-11-2-4-13(7-11)9-15;1-2-3(4)5;2*2-1(3)4;2*2-1-3;;;;;;/h3-4H,1-2,5-13H2;14-15H,1-9H2;2H,1H2;;;;;6*1H/p-4. The van der Waals surface area contributed by atoms with Gasteiger partial charge >= 0.3 is 42.7 Å². The maximum atomic E-state index is 11.1. The van der Waals surface area contributed by atoms with E-state index in [2.05, 4.69) is 49.1 Å². The topological polar surface area (TPSA) is 136 Å². The number of carbonyl (C=O) groups excluding carboxylic acids is 3. The molecule has 15 nitrogen and oxygen atoms in total. The van der Waals surface area contributed by atoms with Crippen molar-refractivity contribution in [3.8, 4) is 0 Å². The van der Waals surface area contributed by atoms with Crippen LogP contribution < -0.4 is 18.8 Å². The van der Waals surface area contributed by atoms with E-state index in [0.717, 1.165) is 98.4 Å². The zero-order valence-corrected chi connectivity index (χ0v) is 34.1. The van der Waals surface area contributed by atoms with Crippen LogP contribution in [-0.2, 0) is 23.9 Å². The van der Waals surface area contributed by atoms with Crippen molar-refractivity contribution in [1.82, 2.24) is 39.2 Å². The lowest BCUT2D eigenvalue weighted by molar-refractivity contribution is -0.142. The fourth-order valence-electron chi connectivity index (χ4n) is 4.73. The highest BCUT2D eigenvalue weighted by Gasteiger charge is 2.27. The Hall–Kier alpha value is -3.14. The van der Waals surface area contributed by atoms with Crippen molar-refractivity contribution in [3.05, 3.63) is 38.0 Å². The second-order valence-electron chi connectivity index (χ2n) is 11.0. The van der Waals surface area contributed by atoms with Gasteiger partial charge in [-0.3, -0.25) is 96.6 Å². The molecule has 4 heterocycles. The first-order valence-corrected chi connectivity index (χ1v) is 16.7. The molecule has 63 heavy (non-hydrogen) atoms. The van der Waals surface area contributed by atoms with Crippen LogP contribution in [0.2, 0.25) is 0 Å². The number of hydrogen-bond acceptors (Lipinski definition) is 15. The van der Waals surface area contributed by atoms with Crippen LogP contribution in [0.25, 0.3) is 0 Å². The summed E-state index contributed by atoms with van der Waals surface area (Å²) in [5, 5.41) is 17.4. The molecule has 4 saturated heterocycles. The normalized spacial score (nSPS) is 15.7. The lowest BCUT2D eigenvalue weighted by Crippen LogP contribution is -3.00. The number of rotatable bonds is 13. The first kappa shape index (κ1) is 80.2. The van der Waals surface area contributed by atoms with Crippen LogP contribution in [0.5, 0.6) is 0 Å². The third-order valence-corrected chi connectivity index (χ3v) is 7.16. The highest BCUT2D eigenvalue weighted by Crippen LogP contribution is 2.11. The van der Waals surface area contributed by atoms with Gasteiger partial charge in [-0.05, 0) is 17.7 Å². The minimum Gasteiger partial charge on any atom is -1.00 e. The van der Waals surface area contributed by atoms with E-state index in [0.29, 0.717) is 13.5 Å². The van der Waals surface area contributed by atoms with Gasteiger partial charge in [0.15, 0.2) is 0 Å². The number of aliphatic hydroxyl groups is 2. The Bertz CT molecular complexity index is 1030. The number of esters is 2. The Morgan fingerprint density at radius 3 is 0.889 bits per heavy atom. The van der Waals surface area contributed by atoms with Crippen molar-refractivity contribution in [1.29, 1.82) is 0 Å². The Morgan fingerprint density at radius 1 is 0.524 bits per heavy atom. The van der Waals surface area contributed by atoms with E-state index in [1.807, 2.05) is 9.80 Å². The van der Waals surface area contributed by atoms with Gasteiger partial charge in [0.2, 0.25) is 5.24 Å². The minimum absolute atomic E-state index is 0. The van der Waals surface area contributed by atoms with Crippen LogP contribution in [0, 0.1) is 0 Å². The summed E-state index contributed by atoms with van der Waals surface area (Å²) in [6.07, 6.45) is 3.39. The first-order valence-electron chi connectivity index (χ1n) is 16.3. The zero-order valence-electron chi connectivity index (χ0n) is 33.4. The largest absolute Gasteiger partial charge is 1.00 e. The van der Waals surface area contributed by atoms with E-state index in [1.165, 1.54) is 12.2 Å². The SMILES string of the molecule is C=CC(=O)Cl.C=CC(=O)OCN1CCN(CN2CCN(COC(=O)C=C)C2)C1.F.F.FB(F)F.FB(F)F.F[B]F.F[B]F.OCN1CCN(CN2CCN(CO)C2)C1.[F-].[F-].[F-].[F-]. The number of carbonyl (C=O) groups is 3. The number of hydrogen-bond donors (Lipinski definition) is 2. The zero-order chi connectivity index (χ0) is 44.2. The quantitative estimate of drug-likeness (QED) is 0.0595. The molecular formula is C27H49B4ClF16N8O7-4. The molecule has 0 unspecified atom stereocenters. The smallest absolute Gasteiger partial charge is 0.762 e. The van der Waals surface area contributed by atoms with Crippen molar-refractivity contribution in [2.75, 3.05) is 119 Å². The van der Waals surface area contributed by atoms with E-state index >= 15 is 0 Å². The van der Waals surface area contributed by atoms with E-state index in [4.69, 9.17) is 31.3 Å². The maximum absolute atomic E-state index is 11.1. The summed E-state index contributed by atoms with van der Waals surface area (Å²) in [4.78, 5) is 49.0. The van der Waals surface area contributed by atoms with Crippen LogP contribution in [0.4, 0.5) is 52.6 Å². The number of nitrogens with zero attached hydrogens (tertiary/aromatic N) is 8. The van der Waals surface area contributed by atoms with Gasteiger partial charge in [-0.15, -0.1) is 0 Å². The summed E-state index contributed by atoms with van der Waals surface area (Å²) < 4.78 is 106. The van der Waals surface area contributed by atoms with E-state index < -0.39 is 47.9 Å². The fourth-order valence-corrected chi connectivity index (χ4v) is 4.73. The van der Waals surface area contributed by atoms with Gasteiger partial charge in [-0.25, -0.2) is 9.59 Å². The third-order valence-electron chi connectivity index (χ3n) is 7.00. The van der Waals surface area contributed by atoms with Crippen molar-refractivity contribution in [2.24, 2.45) is 0 Å². The molecule has 0 atom stereocenters. The number of aliphatic hydroxyl groups excluding tert-OH is 2. The van der Waals surface area contributed by atoms with E-state index in [1.54, 1.807) is 0 Å². The van der Waals surface area contributed by atoms with Crippen LogP contribution >= 0.6 is 11.6 Å². The highest BCUT2D eigenvalue weighted by molar-refractivity contribution is 6.66. The van der Waals surface area contributed by atoms with Crippen LogP contribution in [-0.4, -0.2) is 217 Å². The molecule has 2 radical (unpaired) electrons. The van der Waals surface area contributed by atoms with Crippen molar-refractivity contribution in [3.63, 3.8) is 0 Å². The van der Waals surface area contributed by atoms with Crippen molar-refractivity contribution >= 4 is 59.5 Å². The molecule has 36 heteroatoms. The highest BCUT2D eigenvalue weighted by atomic mass is 35.5. The van der Waals surface area contributed by atoms with Gasteiger partial charge in [0.25, 0.3) is 0 Å². The Balaban J connectivity index is -0.0000000903. The predicted molar refractivity (Wildman–Crippen MR) is 199 cm³/mol. The Kier molecular flexibility index (Phi) is 67.7. The fraction of sp³-hybridized carbons (Fsp3) is 0.667. The second-order valence-corrected chi connectivity index (χ2v) is 11.4. The molecule has 0 aromatic rings. The molecule has 2 N–H and O–H groups in total. The predicted octanol–water partition coefficient (Wildman–Crippen LogP) is -10.6. The van der Waals surface area contributed by atoms with Crippen molar-refractivity contribution in [2.45, 2.75) is 0 Å². The molecule has 0 spiro atoms. The molecular weight excluding hydrogens is 931 g/mol. The van der Waals surface area contributed by atoms with Crippen LogP contribution in [0.1, 0.15) is 0 Å². The molecule has 4 fully saturated rings. The average Bonchev–Trinajstić information content (AvgIpc) is 3.99. The molecule has 0 aromatic carbocycles. The van der Waals surface area contributed by atoms with Gasteiger partial charge in [0.05, 0.1) is 53.5 Å². The number of halogens is 17. The van der Waals surface area contributed by atoms with Gasteiger partial charge < -0.3 is 38.5 Å². The van der Waals surface area contributed by atoms with Gasteiger partial charge in [-0.1, -0.05) is 19.7 Å². The minimum atomic E-state index is -3.67. The van der Waals surface area contributed by atoms with Gasteiger partial charge in [0.1, 0.15) is 13.5 Å². The second kappa shape index (κ2) is 53.2. The lowest BCUT2D eigenvalue weighted by atomic mass is 10.5. The maximum Gasteiger partial charge on any atom is 0.762 e. The molecule has 0 saturated carbocycles. The third kappa shape index (κ3) is 51.4. The lowest BCUT2D eigenvalue weighted by Gasteiger charge is -2.24. The summed E-state index contributed by atoms with van der Waals surface area (Å²) >= 11 is 4.71. The first-order chi connectivity index (χ1) is 27.0. The molecule has 0 amide bonds. The molecule has 4 aliphatic rings. The molecule has 0 bridgehead atoms. The van der Waals surface area contributed by atoms with Crippen LogP contribution in [0.3, 0.4) is 0 Å². The van der Waals surface area contributed by atoms with Gasteiger partial charge in [0, 0.05) is 64.5 Å². The van der Waals surface area contributed by atoms with Crippen molar-refractivity contribution < 1.29 is 105 Å². The Morgan fingerprint density at radius 2 is 0.714 bits per heavy atom. The van der Waals surface area contributed by atoms with E-state index in [-0.39, 0.29) is 41.7 Å². The van der Waals surface area contributed by atoms with Gasteiger partial charge in [-0.2, -0.15) is 0 Å². The summed E-state index contributed by atoms with van der Waals surface area (Å²) in [6, 6.07) is 0. The summed E-state index contributed by atoms with van der Waals surface area (Å²) in [7, 11) is -9.33. The summed E-state index contributed by atoms with van der Waals surface area (Å²) in [5.74, 6) is -0.791. The molecule has 0 aliphatic carbocycles. The summed E-state index contributed by atoms with van der Waals surface area (Å²) in [5.41, 5.74) is 0. The van der Waals surface area contributed by atoms with Crippen LogP contribution in [0.15, 0.2) is 38.0 Å². The number of ether oxygens (including phenoxy) is 2. The average molecular weight is 980 g/mol. The number of allylic oxidation sites excluding steroid dienone is 1. The molecule has 374 valence electrons. The van der Waals surface area contributed by atoms with E-state index in [9.17, 15) is 57.5 Å².